The molecule has 7 nitrogen and oxygen atoms in total. The van der Waals surface area contributed by atoms with Crippen molar-refractivity contribution >= 4 is 29.0 Å². The first-order valence-electron chi connectivity index (χ1n) is 9.49. The maximum Gasteiger partial charge on any atom is 0.188 e. The first-order chi connectivity index (χ1) is 14.4. The Kier molecular flexibility index (Phi) is 6.08. The minimum atomic E-state index is -0.662. The van der Waals surface area contributed by atoms with E-state index in [9.17, 15) is 4.39 Å². The molecule has 0 aliphatic carbocycles. The number of ether oxygens (including phenoxy) is 2. The van der Waals surface area contributed by atoms with E-state index in [0.29, 0.717) is 28.1 Å². The van der Waals surface area contributed by atoms with Gasteiger partial charge in [0.05, 0.1) is 23.0 Å². The maximum absolute atomic E-state index is 13.9. The molecule has 1 aliphatic rings. The minimum Gasteiger partial charge on any atom is -0.482 e. The molecule has 1 aromatic carbocycles. The summed E-state index contributed by atoms with van der Waals surface area (Å²) in [5.41, 5.74) is 7.63. The molecule has 158 valence electrons. The van der Waals surface area contributed by atoms with Gasteiger partial charge in [-0.1, -0.05) is 23.2 Å². The van der Waals surface area contributed by atoms with E-state index in [4.69, 9.17) is 38.4 Å². The number of aromatic nitrogens is 4. The van der Waals surface area contributed by atoms with Crippen LogP contribution >= 0.6 is 23.2 Å². The Hall–Kier alpha value is -2.42. The molecular weight excluding hydrogens is 432 g/mol. The molecule has 0 amide bonds. The Balaban J connectivity index is 1.58. The van der Waals surface area contributed by atoms with E-state index in [-0.39, 0.29) is 10.8 Å². The summed E-state index contributed by atoms with van der Waals surface area (Å²) in [6, 6.07) is 4.60. The normalized spacial score (nSPS) is 15.9. The highest BCUT2D eigenvalue weighted by molar-refractivity contribution is 6.36. The van der Waals surface area contributed by atoms with Gasteiger partial charge in [-0.25, -0.2) is 4.39 Å². The van der Waals surface area contributed by atoms with Crippen LogP contribution in [0, 0.1) is 5.82 Å². The minimum absolute atomic E-state index is 0.0893. The Morgan fingerprint density at radius 1 is 1.27 bits per heavy atom. The second-order valence-electron chi connectivity index (χ2n) is 7.05. The van der Waals surface area contributed by atoms with Crippen LogP contribution in [0.3, 0.4) is 0 Å². The zero-order valence-corrected chi connectivity index (χ0v) is 17.7. The fourth-order valence-corrected chi connectivity index (χ4v) is 4.08. The van der Waals surface area contributed by atoms with Gasteiger partial charge in [0.25, 0.3) is 0 Å². The zero-order valence-electron chi connectivity index (χ0n) is 16.2. The van der Waals surface area contributed by atoms with E-state index in [1.807, 2.05) is 10.9 Å². The van der Waals surface area contributed by atoms with Crippen molar-refractivity contribution in [3.05, 3.63) is 52.0 Å². The number of nitrogens with two attached hydrogens (primary N) is 1. The van der Waals surface area contributed by atoms with E-state index < -0.39 is 11.9 Å². The number of hydrogen-bond donors (Lipinski definition) is 1. The average molecular weight is 452 g/mol. The van der Waals surface area contributed by atoms with E-state index in [2.05, 4.69) is 15.3 Å². The van der Waals surface area contributed by atoms with Crippen molar-refractivity contribution in [2.75, 3.05) is 18.9 Å². The summed E-state index contributed by atoms with van der Waals surface area (Å²) in [7, 11) is 0. The fraction of sp³-hybridized carbons (Fsp3) is 0.350. The van der Waals surface area contributed by atoms with Crippen LogP contribution in [0.4, 0.5) is 10.2 Å². The predicted octanol–water partition coefficient (Wildman–Crippen LogP) is 4.86. The molecule has 10 heteroatoms. The van der Waals surface area contributed by atoms with Crippen molar-refractivity contribution in [1.29, 1.82) is 0 Å². The number of anilines is 1. The van der Waals surface area contributed by atoms with Gasteiger partial charge < -0.3 is 15.2 Å². The summed E-state index contributed by atoms with van der Waals surface area (Å²) < 4.78 is 27.1. The smallest absolute Gasteiger partial charge is 0.188 e. The van der Waals surface area contributed by atoms with Crippen LogP contribution in [0.5, 0.6) is 5.75 Å². The third-order valence-electron chi connectivity index (χ3n) is 5.04. The van der Waals surface area contributed by atoms with Gasteiger partial charge >= 0.3 is 0 Å². The molecule has 3 aromatic rings. The lowest BCUT2D eigenvalue weighted by molar-refractivity contribution is 0.0662. The highest BCUT2D eigenvalue weighted by Gasteiger charge is 2.21. The quantitative estimate of drug-likeness (QED) is 0.557. The van der Waals surface area contributed by atoms with Crippen molar-refractivity contribution < 1.29 is 13.9 Å². The van der Waals surface area contributed by atoms with Crippen molar-refractivity contribution in [1.82, 2.24) is 20.0 Å². The molecule has 30 heavy (non-hydrogen) atoms. The second kappa shape index (κ2) is 8.75. The Morgan fingerprint density at radius 3 is 2.80 bits per heavy atom. The van der Waals surface area contributed by atoms with E-state index >= 15 is 0 Å². The Morgan fingerprint density at radius 2 is 2.03 bits per heavy atom. The molecular formula is C20H20Cl2FN5O2. The molecule has 3 heterocycles. The summed E-state index contributed by atoms with van der Waals surface area (Å²) in [5, 5.41) is 12.8. The average Bonchev–Trinajstić information content (AvgIpc) is 3.24. The van der Waals surface area contributed by atoms with Gasteiger partial charge in [0.1, 0.15) is 11.9 Å². The van der Waals surface area contributed by atoms with Gasteiger partial charge in [-0.15, -0.1) is 10.2 Å². The Labute approximate surface area is 182 Å². The third kappa shape index (κ3) is 4.21. The van der Waals surface area contributed by atoms with Gasteiger partial charge in [-0.2, -0.15) is 5.10 Å². The molecule has 0 saturated carbocycles. The van der Waals surface area contributed by atoms with Crippen LogP contribution in [-0.2, 0) is 4.74 Å². The zero-order chi connectivity index (χ0) is 21.3. The van der Waals surface area contributed by atoms with Crippen LogP contribution in [0.1, 0.15) is 37.5 Å². The lowest BCUT2D eigenvalue weighted by Crippen LogP contribution is -2.19. The number of nitrogens with zero attached hydrogens (tertiary/aromatic N) is 4. The molecule has 2 aromatic heterocycles. The van der Waals surface area contributed by atoms with Crippen LogP contribution in [-0.4, -0.2) is 33.2 Å². The molecule has 0 spiro atoms. The van der Waals surface area contributed by atoms with E-state index in [1.54, 1.807) is 19.2 Å². The molecule has 0 radical (unpaired) electrons. The SMILES string of the molecule is C[C@@H](Oc1cc(-c2cnn(C3CCOCC3)c2)nnc1N)c1c(Cl)ccc(F)c1Cl. The van der Waals surface area contributed by atoms with Crippen LogP contribution in [0.15, 0.2) is 30.6 Å². The van der Waals surface area contributed by atoms with Gasteiger partial charge in [0.2, 0.25) is 0 Å². The fourth-order valence-electron chi connectivity index (χ4n) is 3.40. The molecule has 0 bridgehead atoms. The topological polar surface area (TPSA) is 88.1 Å². The molecule has 1 saturated heterocycles. The van der Waals surface area contributed by atoms with Crippen LogP contribution in [0.25, 0.3) is 11.3 Å². The van der Waals surface area contributed by atoms with Crippen molar-refractivity contribution in [3.8, 4) is 17.0 Å². The van der Waals surface area contributed by atoms with Crippen molar-refractivity contribution in [3.63, 3.8) is 0 Å². The molecule has 0 unspecified atom stereocenters. The standard InChI is InChI=1S/C20H20Cl2FN5O2/c1-11(18-14(21)2-3-15(23)19(18)22)30-17-8-16(26-27-20(17)24)12-9-25-28(10-12)13-4-6-29-7-5-13/h2-3,8-11,13H,4-7H2,1H3,(H2,24,27)/t11-/m1/s1. The summed E-state index contributed by atoms with van der Waals surface area (Å²) in [6.07, 6.45) is 4.81. The van der Waals surface area contributed by atoms with E-state index in [0.717, 1.165) is 31.6 Å². The summed E-state index contributed by atoms with van der Waals surface area (Å²) >= 11 is 12.3. The van der Waals surface area contributed by atoms with Gasteiger partial charge in [-0.3, -0.25) is 4.68 Å². The van der Waals surface area contributed by atoms with E-state index in [1.165, 1.54) is 12.1 Å². The molecule has 4 rings (SSSR count). The lowest BCUT2D eigenvalue weighted by Gasteiger charge is -2.22. The number of nitrogen functional groups attached to an aromatic ring is 1. The van der Waals surface area contributed by atoms with Crippen molar-refractivity contribution in [2.45, 2.75) is 31.9 Å². The largest absolute Gasteiger partial charge is 0.482 e. The molecule has 1 atom stereocenters. The maximum atomic E-state index is 13.9. The molecule has 1 aliphatic heterocycles. The van der Waals surface area contributed by atoms with Gasteiger partial charge in [0, 0.05) is 41.6 Å². The predicted molar refractivity (Wildman–Crippen MR) is 112 cm³/mol. The number of rotatable bonds is 5. The summed E-state index contributed by atoms with van der Waals surface area (Å²) in [6.45, 7) is 3.15. The summed E-state index contributed by atoms with van der Waals surface area (Å²) in [4.78, 5) is 0. The lowest BCUT2D eigenvalue weighted by atomic mass is 10.1. The number of halogens is 3. The van der Waals surface area contributed by atoms with Crippen molar-refractivity contribution in [2.24, 2.45) is 0 Å². The first kappa shape index (κ1) is 20.8. The van der Waals surface area contributed by atoms with Crippen LogP contribution < -0.4 is 10.5 Å². The van der Waals surface area contributed by atoms with Gasteiger partial charge in [0.15, 0.2) is 11.6 Å². The van der Waals surface area contributed by atoms with Crippen LogP contribution in [0.2, 0.25) is 10.0 Å². The molecule has 2 N–H and O–H groups in total. The summed E-state index contributed by atoms with van der Waals surface area (Å²) in [5.74, 6) is -0.178. The number of hydrogen-bond acceptors (Lipinski definition) is 6. The van der Waals surface area contributed by atoms with Gasteiger partial charge in [-0.05, 0) is 31.9 Å². The number of benzene rings is 1. The molecule has 1 fully saturated rings. The third-order valence-corrected chi connectivity index (χ3v) is 5.75. The monoisotopic (exact) mass is 451 g/mol. The highest BCUT2D eigenvalue weighted by atomic mass is 35.5. The first-order valence-corrected chi connectivity index (χ1v) is 10.2. The Bertz CT molecular complexity index is 1060. The second-order valence-corrected chi connectivity index (χ2v) is 7.83. The highest BCUT2D eigenvalue weighted by Crippen LogP contribution is 2.36.